The molecule has 1 unspecified atom stereocenters. The van der Waals surface area contributed by atoms with Gasteiger partial charge in [0, 0.05) is 11.1 Å². The molecule has 0 saturated heterocycles. The van der Waals surface area contributed by atoms with Crippen molar-refractivity contribution >= 4 is 10.9 Å². The van der Waals surface area contributed by atoms with Gasteiger partial charge in [0.25, 0.3) is 0 Å². The molecule has 0 aliphatic carbocycles. The van der Waals surface area contributed by atoms with Crippen LogP contribution in [0.5, 0.6) is 0 Å². The molecule has 0 aliphatic heterocycles. The van der Waals surface area contributed by atoms with Gasteiger partial charge in [0.15, 0.2) is 0 Å². The van der Waals surface area contributed by atoms with Gasteiger partial charge in [-0.15, -0.1) is 0 Å². The number of benzene rings is 1. The zero-order valence-corrected chi connectivity index (χ0v) is 9.46. The van der Waals surface area contributed by atoms with E-state index in [1.807, 2.05) is 6.07 Å². The molecule has 2 nitrogen and oxygen atoms in total. The lowest BCUT2D eigenvalue weighted by Gasteiger charge is -2.08. The Labute approximate surface area is 90.7 Å². The molecule has 2 rings (SSSR count). The van der Waals surface area contributed by atoms with E-state index in [1.165, 1.54) is 30.3 Å². The molecule has 1 heterocycles. The first-order chi connectivity index (χ1) is 7.33. The van der Waals surface area contributed by atoms with Gasteiger partial charge in [-0.25, -0.2) is 0 Å². The van der Waals surface area contributed by atoms with Crippen LogP contribution < -0.4 is 0 Å². The van der Waals surface area contributed by atoms with Gasteiger partial charge in [-0.1, -0.05) is 44.9 Å². The molecule has 0 spiro atoms. The fraction of sp³-hybridized carbons (Fsp3) is 0.462. The third kappa shape index (κ3) is 2.04. The molecular formula is C13H18N2. The maximum Gasteiger partial charge on any atom is 0.0923 e. The van der Waals surface area contributed by atoms with Gasteiger partial charge >= 0.3 is 0 Å². The monoisotopic (exact) mass is 202 g/mol. The van der Waals surface area contributed by atoms with Crippen molar-refractivity contribution in [3.63, 3.8) is 0 Å². The number of rotatable bonds is 4. The van der Waals surface area contributed by atoms with E-state index < -0.39 is 0 Å². The number of aromatic nitrogens is 2. The fourth-order valence-corrected chi connectivity index (χ4v) is 2.01. The molecule has 2 aromatic rings. The average Bonchev–Trinajstić information content (AvgIpc) is 2.69. The number of nitrogens with zero attached hydrogens (tertiary/aromatic N) is 1. The molecule has 1 N–H and O–H groups in total. The Kier molecular flexibility index (Phi) is 3.05. The fourth-order valence-electron chi connectivity index (χ4n) is 2.01. The summed E-state index contributed by atoms with van der Waals surface area (Å²) in [6, 6.07) is 8.32. The van der Waals surface area contributed by atoms with Crippen molar-refractivity contribution in [2.45, 2.75) is 39.0 Å². The molecule has 0 saturated carbocycles. The quantitative estimate of drug-likeness (QED) is 0.801. The molecule has 0 radical (unpaired) electrons. The van der Waals surface area contributed by atoms with Crippen LogP contribution in [0.1, 0.15) is 44.7 Å². The van der Waals surface area contributed by atoms with E-state index in [-0.39, 0.29) is 0 Å². The summed E-state index contributed by atoms with van der Waals surface area (Å²) in [7, 11) is 0. The predicted octanol–water partition coefficient (Wildman–Crippen LogP) is 3.86. The highest BCUT2D eigenvalue weighted by Crippen LogP contribution is 2.26. The summed E-state index contributed by atoms with van der Waals surface area (Å²) in [6.07, 6.45) is 3.79. The van der Waals surface area contributed by atoms with Crippen LogP contribution in [-0.4, -0.2) is 10.2 Å². The van der Waals surface area contributed by atoms with Gasteiger partial charge in [0.1, 0.15) is 0 Å². The van der Waals surface area contributed by atoms with Crippen LogP contribution in [0.15, 0.2) is 24.3 Å². The lowest BCUT2D eigenvalue weighted by atomic mass is 9.98. The van der Waals surface area contributed by atoms with Crippen LogP contribution in [-0.2, 0) is 0 Å². The largest absolute Gasteiger partial charge is 0.281 e. The Hall–Kier alpha value is -1.31. The van der Waals surface area contributed by atoms with Gasteiger partial charge in [-0.2, -0.15) is 5.10 Å². The van der Waals surface area contributed by atoms with Crippen molar-refractivity contribution in [3.05, 3.63) is 30.0 Å². The number of hydrogen-bond donors (Lipinski definition) is 1. The Morgan fingerprint density at radius 2 is 2.13 bits per heavy atom. The molecule has 0 aliphatic rings. The number of hydrogen-bond acceptors (Lipinski definition) is 1. The number of H-pyrrole nitrogens is 1. The third-order valence-corrected chi connectivity index (χ3v) is 2.97. The normalized spacial score (nSPS) is 13.2. The number of unbranched alkanes of at least 4 members (excludes halogenated alkanes) is 1. The average molecular weight is 202 g/mol. The number of nitrogens with one attached hydrogen (secondary N) is 1. The SMILES string of the molecule is CCCCC(C)c1[nH]nc2ccccc12. The molecule has 1 atom stereocenters. The zero-order chi connectivity index (χ0) is 10.7. The maximum absolute atomic E-state index is 4.32. The maximum atomic E-state index is 4.32. The van der Waals surface area contributed by atoms with Crippen molar-refractivity contribution in [3.8, 4) is 0 Å². The Morgan fingerprint density at radius 1 is 1.33 bits per heavy atom. The standard InChI is InChI=1S/C13H18N2/c1-3-4-7-10(2)13-11-8-5-6-9-12(11)14-15-13/h5-6,8-10H,3-4,7H2,1-2H3,(H,14,15). The highest BCUT2D eigenvalue weighted by Gasteiger charge is 2.11. The second-order valence-corrected chi connectivity index (χ2v) is 4.20. The Morgan fingerprint density at radius 3 is 2.93 bits per heavy atom. The topological polar surface area (TPSA) is 28.7 Å². The molecule has 2 heteroatoms. The Bertz CT molecular complexity index is 431. The first kappa shape index (κ1) is 10.2. The highest BCUT2D eigenvalue weighted by atomic mass is 15.1. The lowest BCUT2D eigenvalue weighted by Crippen LogP contribution is -1.94. The number of aromatic amines is 1. The summed E-state index contributed by atoms with van der Waals surface area (Å²) in [5.74, 6) is 0.581. The second-order valence-electron chi connectivity index (χ2n) is 4.20. The van der Waals surface area contributed by atoms with Crippen LogP contribution in [0, 0.1) is 0 Å². The van der Waals surface area contributed by atoms with Crippen molar-refractivity contribution < 1.29 is 0 Å². The van der Waals surface area contributed by atoms with Gasteiger partial charge in [-0.3, -0.25) is 5.10 Å². The highest BCUT2D eigenvalue weighted by molar-refractivity contribution is 5.81. The van der Waals surface area contributed by atoms with Crippen molar-refractivity contribution in [2.75, 3.05) is 0 Å². The lowest BCUT2D eigenvalue weighted by molar-refractivity contribution is 0.612. The molecule has 0 bridgehead atoms. The predicted molar refractivity (Wildman–Crippen MR) is 64.0 cm³/mol. The van der Waals surface area contributed by atoms with E-state index in [0.717, 1.165) is 5.52 Å². The zero-order valence-electron chi connectivity index (χ0n) is 9.46. The summed E-state index contributed by atoms with van der Waals surface area (Å²) < 4.78 is 0. The minimum absolute atomic E-state index is 0.581. The molecule has 80 valence electrons. The summed E-state index contributed by atoms with van der Waals surface area (Å²) in [5, 5.41) is 8.77. The summed E-state index contributed by atoms with van der Waals surface area (Å²) in [5.41, 5.74) is 2.37. The van der Waals surface area contributed by atoms with E-state index in [9.17, 15) is 0 Å². The van der Waals surface area contributed by atoms with E-state index >= 15 is 0 Å². The molecule has 1 aromatic heterocycles. The number of para-hydroxylation sites is 1. The van der Waals surface area contributed by atoms with E-state index in [4.69, 9.17) is 0 Å². The van der Waals surface area contributed by atoms with Gasteiger partial charge in [0.05, 0.1) is 5.52 Å². The molecule has 0 amide bonds. The van der Waals surface area contributed by atoms with Crippen LogP contribution >= 0.6 is 0 Å². The van der Waals surface area contributed by atoms with Gasteiger partial charge in [-0.05, 0) is 18.4 Å². The first-order valence-electron chi connectivity index (χ1n) is 5.76. The first-order valence-corrected chi connectivity index (χ1v) is 5.76. The summed E-state index contributed by atoms with van der Waals surface area (Å²) in [6.45, 7) is 4.51. The molecular weight excluding hydrogens is 184 g/mol. The summed E-state index contributed by atoms with van der Waals surface area (Å²) >= 11 is 0. The minimum Gasteiger partial charge on any atom is -0.281 e. The smallest absolute Gasteiger partial charge is 0.0923 e. The van der Waals surface area contributed by atoms with Crippen LogP contribution in [0.3, 0.4) is 0 Å². The van der Waals surface area contributed by atoms with Crippen LogP contribution in [0.25, 0.3) is 10.9 Å². The van der Waals surface area contributed by atoms with Gasteiger partial charge < -0.3 is 0 Å². The molecule has 1 aromatic carbocycles. The minimum atomic E-state index is 0.581. The van der Waals surface area contributed by atoms with Crippen molar-refractivity contribution in [2.24, 2.45) is 0 Å². The van der Waals surface area contributed by atoms with E-state index in [1.54, 1.807) is 0 Å². The number of fused-ring (bicyclic) bond motifs is 1. The van der Waals surface area contributed by atoms with Gasteiger partial charge in [0.2, 0.25) is 0 Å². The third-order valence-electron chi connectivity index (χ3n) is 2.97. The van der Waals surface area contributed by atoms with Crippen LogP contribution in [0.4, 0.5) is 0 Å². The summed E-state index contributed by atoms with van der Waals surface area (Å²) in [4.78, 5) is 0. The van der Waals surface area contributed by atoms with E-state index in [2.05, 4.69) is 42.2 Å². The van der Waals surface area contributed by atoms with Crippen molar-refractivity contribution in [1.82, 2.24) is 10.2 Å². The molecule has 0 fully saturated rings. The second kappa shape index (κ2) is 4.47. The molecule has 15 heavy (non-hydrogen) atoms. The van der Waals surface area contributed by atoms with Crippen molar-refractivity contribution in [1.29, 1.82) is 0 Å². The Balaban J connectivity index is 2.27. The van der Waals surface area contributed by atoms with Crippen LogP contribution in [0.2, 0.25) is 0 Å². The van der Waals surface area contributed by atoms with E-state index in [0.29, 0.717) is 5.92 Å².